The molecule has 1 aromatic heterocycles. The minimum absolute atomic E-state index is 0.0249. The molecule has 0 bridgehead atoms. The predicted octanol–water partition coefficient (Wildman–Crippen LogP) is 5.38. The average Bonchev–Trinajstić information content (AvgIpc) is 3.35. The quantitative estimate of drug-likeness (QED) is 0.404. The number of hydrogen-bond donors (Lipinski definition) is 1. The minimum Gasteiger partial charge on any atom is -0.457 e. The van der Waals surface area contributed by atoms with Gasteiger partial charge in [-0.25, -0.2) is 0 Å². The summed E-state index contributed by atoms with van der Waals surface area (Å²) in [6, 6.07) is 26.8. The zero-order valence-corrected chi connectivity index (χ0v) is 18.8. The maximum Gasteiger partial charge on any atom is 0.241 e. The number of hydrogen-bond acceptors (Lipinski definition) is 6. The van der Waals surface area contributed by atoms with Gasteiger partial charge in [0, 0.05) is 17.8 Å². The average molecular weight is 455 g/mol. The van der Waals surface area contributed by atoms with Crippen LogP contribution in [0.2, 0.25) is 0 Å². The highest BCUT2D eigenvalue weighted by Crippen LogP contribution is 2.24. The van der Waals surface area contributed by atoms with Crippen LogP contribution in [-0.4, -0.2) is 34.0 Å². The van der Waals surface area contributed by atoms with Crippen molar-refractivity contribution < 1.29 is 14.1 Å². The van der Waals surface area contributed by atoms with Gasteiger partial charge in [0.25, 0.3) is 0 Å². The molecule has 0 spiro atoms. The summed E-state index contributed by atoms with van der Waals surface area (Å²) in [7, 11) is 0. The fourth-order valence-electron chi connectivity index (χ4n) is 4.10. The number of rotatable bonds is 7. The van der Waals surface area contributed by atoms with E-state index < -0.39 is 0 Å². The summed E-state index contributed by atoms with van der Waals surface area (Å²) in [6.07, 6.45) is 1.80. The number of nitrogens with one attached hydrogen (secondary N) is 1. The highest BCUT2D eigenvalue weighted by Gasteiger charge is 2.27. The fourth-order valence-corrected chi connectivity index (χ4v) is 4.10. The molecule has 1 atom stereocenters. The van der Waals surface area contributed by atoms with E-state index in [4.69, 9.17) is 9.26 Å². The van der Waals surface area contributed by atoms with Crippen molar-refractivity contribution in [3.8, 4) is 22.9 Å². The van der Waals surface area contributed by atoms with Crippen LogP contribution in [0.5, 0.6) is 11.5 Å². The minimum atomic E-state index is -0.0921. The van der Waals surface area contributed by atoms with Crippen molar-refractivity contribution >= 4 is 11.6 Å². The lowest BCUT2D eigenvalue weighted by molar-refractivity contribution is -0.121. The molecule has 1 fully saturated rings. The van der Waals surface area contributed by atoms with Gasteiger partial charge in [-0.05, 0) is 55.8 Å². The number of aromatic nitrogens is 2. The molecule has 4 aromatic rings. The summed E-state index contributed by atoms with van der Waals surface area (Å²) < 4.78 is 11.3. The van der Waals surface area contributed by atoms with E-state index in [-0.39, 0.29) is 11.8 Å². The maximum atomic E-state index is 12.9. The molecule has 1 unspecified atom stereocenters. The topological polar surface area (TPSA) is 80.5 Å². The Morgan fingerprint density at radius 1 is 0.971 bits per heavy atom. The molecule has 5 rings (SSSR count). The van der Waals surface area contributed by atoms with Crippen molar-refractivity contribution in [1.82, 2.24) is 15.0 Å². The summed E-state index contributed by atoms with van der Waals surface area (Å²) in [4.78, 5) is 19.6. The molecule has 1 amide bonds. The van der Waals surface area contributed by atoms with E-state index in [0.29, 0.717) is 24.8 Å². The van der Waals surface area contributed by atoms with Crippen molar-refractivity contribution in [3.05, 3.63) is 90.8 Å². The van der Waals surface area contributed by atoms with Gasteiger partial charge in [-0.2, -0.15) is 4.98 Å². The van der Waals surface area contributed by atoms with Gasteiger partial charge in [-0.3, -0.25) is 9.69 Å². The third-order valence-electron chi connectivity index (χ3n) is 5.84. The molecule has 1 N–H and O–H groups in total. The van der Waals surface area contributed by atoms with Crippen molar-refractivity contribution in [2.24, 2.45) is 5.92 Å². The van der Waals surface area contributed by atoms with Crippen LogP contribution in [0.1, 0.15) is 18.7 Å². The van der Waals surface area contributed by atoms with Crippen molar-refractivity contribution in [1.29, 1.82) is 0 Å². The maximum absolute atomic E-state index is 12.9. The Hall–Kier alpha value is -3.97. The largest absolute Gasteiger partial charge is 0.457 e. The van der Waals surface area contributed by atoms with Crippen molar-refractivity contribution in [3.63, 3.8) is 0 Å². The number of likely N-dealkylation sites (tertiary alicyclic amines) is 1. The first-order chi connectivity index (χ1) is 16.7. The van der Waals surface area contributed by atoms with Gasteiger partial charge < -0.3 is 14.6 Å². The zero-order valence-electron chi connectivity index (χ0n) is 18.8. The highest BCUT2D eigenvalue weighted by molar-refractivity contribution is 5.92. The number of piperidine rings is 1. The molecule has 2 heterocycles. The number of carbonyl (C=O) groups excluding carboxylic acids is 1. The number of amides is 1. The second-order valence-electron chi connectivity index (χ2n) is 8.38. The lowest BCUT2D eigenvalue weighted by Crippen LogP contribution is -2.40. The molecule has 34 heavy (non-hydrogen) atoms. The van der Waals surface area contributed by atoms with Crippen LogP contribution in [0.3, 0.4) is 0 Å². The summed E-state index contributed by atoms with van der Waals surface area (Å²) in [5, 5.41) is 7.13. The van der Waals surface area contributed by atoms with Crippen LogP contribution in [0.4, 0.5) is 5.69 Å². The standard InChI is InChI=1S/C27H26N4O3/c32-27(28-22-13-15-24(16-14-22)33-23-11-5-2-6-12-23)21-10-7-17-31(18-21)19-25-29-26(30-34-25)20-8-3-1-4-9-20/h1-6,8-9,11-16,21H,7,10,17-19H2,(H,28,32). The summed E-state index contributed by atoms with van der Waals surface area (Å²) in [5.74, 6) is 2.58. The van der Waals surface area contributed by atoms with E-state index in [9.17, 15) is 4.79 Å². The second kappa shape index (κ2) is 10.3. The molecule has 1 aliphatic heterocycles. The van der Waals surface area contributed by atoms with Crippen molar-refractivity contribution in [2.45, 2.75) is 19.4 Å². The van der Waals surface area contributed by atoms with Crippen LogP contribution in [0, 0.1) is 5.92 Å². The van der Waals surface area contributed by atoms with Gasteiger partial charge in [0.05, 0.1) is 12.5 Å². The Bertz CT molecular complexity index is 1210. The van der Waals surface area contributed by atoms with Gasteiger partial charge in [0.1, 0.15) is 11.5 Å². The highest BCUT2D eigenvalue weighted by atomic mass is 16.5. The Labute approximate surface area is 198 Å². The molecule has 1 saturated heterocycles. The Morgan fingerprint density at radius 3 is 2.44 bits per heavy atom. The molecule has 7 nitrogen and oxygen atoms in total. The first-order valence-electron chi connectivity index (χ1n) is 11.5. The zero-order chi connectivity index (χ0) is 23.2. The Morgan fingerprint density at radius 2 is 1.68 bits per heavy atom. The van der Waals surface area contributed by atoms with Gasteiger partial charge in [-0.1, -0.05) is 53.7 Å². The van der Waals surface area contributed by atoms with Crippen LogP contribution < -0.4 is 10.1 Å². The van der Waals surface area contributed by atoms with Gasteiger partial charge >= 0.3 is 0 Å². The number of benzene rings is 3. The molecule has 0 radical (unpaired) electrons. The monoisotopic (exact) mass is 454 g/mol. The van der Waals surface area contributed by atoms with E-state index >= 15 is 0 Å². The molecular weight excluding hydrogens is 428 g/mol. The Kier molecular flexibility index (Phi) is 6.63. The molecule has 1 aliphatic rings. The van der Waals surface area contributed by atoms with E-state index in [2.05, 4.69) is 20.4 Å². The Balaban J connectivity index is 1.15. The number of carbonyl (C=O) groups is 1. The lowest BCUT2D eigenvalue weighted by Gasteiger charge is -2.30. The third-order valence-corrected chi connectivity index (χ3v) is 5.84. The molecular formula is C27H26N4O3. The fraction of sp³-hybridized carbons (Fsp3) is 0.222. The SMILES string of the molecule is O=C(Nc1ccc(Oc2ccccc2)cc1)C1CCCN(Cc2nc(-c3ccccc3)no2)C1. The first kappa shape index (κ1) is 21.9. The smallest absolute Gasteiger partial charge is 0.241 e. The van der Waals surface area contributed by atoms with Gasteiger partial charge in [-0.15, -0.1) is 0 Å². The van der Waals surface area contributed by atoms with E-state index in [1.54, 1.807) is 0 Å². The van der Waals surface area contributed by atoms with E-state index in [1.165, 1.54) is 0 Å². The summed E-state index contributed by atoms with van der Waals surface area (Å²) >= 11 is 0. The van der Waals surface area contributed by atoms with Crippen molar-refractivity contribution in [2.75, 3.05) is 18.4 Å². The first-order valence-corrected chi connectivity index (χ1v) is 11.5. The van der Waals surface area contributed by atoms with Gasteiger partial charge in [0.2, 0.25) is 17.6 Å². The van der Waals surface area contributed by atoms with E-state index in [0.717, 1.165) is 42.1 Å². The number of nitrogens with zero attached hydrogens (tertiary/aromatic N) is 3. The molecule has 172 valence electrons. The predicted molar refractivity (Wildman–Crippen MR) is 129 cm³/mol. The summed E-state index contributed by atoms with van der Waals surface area (Å²) in [6.45, 7) is 2.09. The van der Waals surface area contributed by atoms with E-state index in [1.807, 2.05) is 84.9 Å². The summed E-state index contributed by atoms with van der Waals surface area (Å²) in [5.41, 5.74) is 1.68. The third kappa shape index (κ3) is 5.50. The number of para-hydroxylation sites is 1. The van der Waals surface area contributed by atoms with Gasteiger partial charge in [0.15, 0.2) is 0 Å². The lowest BCUT2D eigenvalue weighted by atomic mass is 9.97. The molecule has 0 aliphatic carbocycles. The molecule has 0 saturated carbocycles. The normalized spacial score (nSPS) is 16.2. The van der Waals surface area contributed by atoms with Crippen LogP contribution >= 0.6 is 0 Å². The molecule has 7 heteroatoms. The number of ether oxygens (including phenoxy) is 1. The number of anilines is 1. The second-order valence-corrected chi connectivity index (χ2v) is 8.38. The van der Waals surface area contributed by atoms with Crippen LogP contribution in [0.25, 0.3) is 11.4 Å². The molecule has 3 aromatic carbocycles. The van der Waals surface area contributed by atoms with Crippen LogP contribution in [-0.2, 0) is 11.3 Å². The van der Waals surface area contributed by atoms with Crippen LogP contribution in [0.15, 0.2) is 89.5 Å².